The summed E-state index contributed by atoms with van der Waals surface area (Å²) in [7, 11) is 0. The number of rotatable bonds is 5. The minimum Gasteiger partial charge on any atom is -0.348 e. The van der Waals surface area contributed by atoms with Crippen LogP contribution in [0.15, 0.2) is 65.5 Å². The van der Waals surface area contributed by atoms with E-state index in [1.807, 2.05) is 18.2 Å². The average molecular weight is 437 g/mol. The van der Waals surface area contributed by atoms with Crippen molar-refractivity contribution in [2.75, 3.05) is 13.1 Å². The first-order valence-corrected chi connectivity index (χ1v) is 10.8. The van der Waals surface area contributed by atoms with E-state index in [1.54, 1.807) is 35.9 Å². The molecule has 1 fully saturated rings. The molecule has 3 aromatic rings. The summed E-state index contributed by atoms with van der Waals surface area (Å²) in [5.74, 6) is -0.422. The van der Waals surface area contributed by atoms with Crippen LogP contribution in [0.5, 0.6) is 0 Å². The van der Waals surface area contributed by atoms with Gasteiger partial charge in [-0.2, -0.15) is 5.10 Å². The zero-order valence-corrected chi connectivity index (χ0v) is 18.2. The van der Waals surface area contributed by atoms with Crippen molar-refractivity contribution < 1.29 is 4.79 Å². The molecule has 0 unspecified atom stereocenters. The molecule has 0 bridgehead atoms. The van der Waals surface area contributed by atoms with Crippen molar-refractivity contribution in [2.45, 2.75) is 32.4 Å². The van der Waals surface area contributed by atoms with Gasteiger partial charge in [-0.05, 0) is 49.6 Å². The second-order valence-electron chi connectivity index (χ2n) is 7.90. The van der Waals surface area contributed by atoms with Gasteiger partial charge in [0.05, 0.1) is 5.69 Å². The Hall–Kier alpha value is -2.96. The number of likely N-dealkylation sites (tertiary alicyclic amines) is 1. The second kappa shape index (κ2) is 9.45. The lowest BCUT2D eigenvalue weighted by atomic mass is 10.0. The van der Waals surface area contributed by atoms with Crippen LogP contribution in [0.1, 0.15) is 34.6 Å². The summed E-state index contributed by atoms with van der Waals surface area (Å²) < 4.78 is 1.59. The molecule has 1 aliphatic heterocycles. The normalized spacial score (nSPS) is 15.0. The van der Waals surface area contributed by atoms with E-state index in [-0.39, 0.29) is 17.2 Å². The third-order valence-electron chi connectivity index (χ3n) is 5.57. The summed E-state index contributed by atoms with van der Waals surface area (Å²) in [4.78, 5) is 27.7. The minimum absolute atomic E-state index is 0.0333. The first-order valence-electron chi connectivity index (χ1n) is 10.4. The second-order valence-corrected chi connectivity index (χ2v) is 8.33. The van der Waals surface area contributed by atoms with Crippen LogP contribution in [0.25, 0.3) is 5.69 Å². The molecule has 1 amide bonds. The first-order chi connectivity index (χ1) is 15.0. The highest BCUT2D eigenvalue weighted by molar-refractivity contribution is 6.30. The van der Waals surface area contributed by atoms with Gasteiger partial charge in [0.1, 0.15) is 0 Å². The molecule has 7 heteroatoms. The van der Waals surface area contributed by atoms with Gasteiger partial charge < -0.3 is 5.32 Å². The number of amides is 1. The predicted molar refractivity (Wildman–Crippen MR) is 122 cm³/mol. The molecule has 0 aliphatic carbocycles. The van der Waals surface area contributed by atoms with Crippen molar-refractivity contribution in [1.29, 1.82) is 0 Å². The standard InChI is InChI=1S/C24H25ClN4O2/c1-17-15-22(30)23(27-29(17)21-9-7-19(25)8-10-21)24(31)26-20-11-13-28(14-12-20)16-18-5-3-2-4-6-18/h2-10,15,20H,11-14,16H2,1H3,(H,26,31). The van der Waals surface area contributed by atoms with Gasteiger partial charge in [-0.15, -0.1) is 0 Å². The average Bonchev–Trinajstić information content (AvgIpc) is 2.77. The molecule has 2 heterocycles. The van der Waals surface area contributed by atoms with Crippen LogP contribution < -0.4 is 10.7 Å². The van der Waals surface area contributed by atoms with Crippen molar-refractivity contribution in [3.05, 3.63) is 92.9 Å². The van der Waals surface area contributed by atoms with Gasteiger partial charge in [0, 0.05) is 42.5 Å². The largest absolute Gasteiger partial charge is 0.348 e. The van der Waals surface area contributed by atoms with Crippen LogP contribution in [0.3, 0.4) is 0 Å². The number of hydrogen-bond donors (Lipinski definition) is 1. The van der Waals surface area contributed by atoms with Crippen LogP contribution in [0.4, 0.5) is 0 Å². The number of halogens is 1. The summed E-state index contributed by atoms with van der Waals surface area (Å²) >= 11 is 5.96. The summed E-state index contributed by atoms with van der Waals surface area (Å²) in [6.45, 7) is 4.49. The number of carbonyl (C=O) groups excluding carboxylic acids is 1. The van der Waals surface area contributed by atoms with E-state index < -0.39 is 5.91 Å². The van der Waals surface area contributed by atoms with Crippen LogP contribution in [-0.4, -0.2) is 39.7 Å². The Morgan fingerprint density at radius 1 is 1.10 bits per heavy atom. The van der Waals surface area contributed by atoms with Gasteiger partial charge >= 0.3 is 0 Å². The molecule has 0 spiro atoms. The summed E-state index contributed by atoms with van der Waals surface area (Å²) in [5.41, 5.74) is 2.22. The third-order valence-corrected chi connectivity index (χ3v) is 5.82. The van der Waals surface area contributed by atoms with Gasteiger partial charge in [0.15, 0.2) is 5.69 Å². The summed E-state index contributed by atoms with van der Waals surface area (Å²) in [6, 6.07) is 19.0. The number of nitrogens with one attached hydrogen (secondary N) is 1. The molecular formula is C24H25ClN4O2. The molecule has 4 rings (SSSR count). The fraction of sp³-hybridized carbons (Fsp3) is 0.292. The van der Waals surface area contributed by atoms with E-state index in [0.717, 1.165) is 38.2 Å². The summed E-state index contributed by atoms with van der Waals surface area (Å²) in [6.07, 6.45) is 1.69. The maximum Gasteiger partial charge on any atom is 0.276 e. The monoisotopic (exact) mass is 436 g/mol. The number of nitrogens with zero attached hydrogens (tertiary/aromatic N) is 3. The molecule has 1 aromatic heterocycles. The molecular weight excluding hydrogens is 412 g/mol. The maximum atomic E-state index is 12.8. The molecule has 160 valence electrons. The fourth-order valence-corrected chi connectivity index (χ4v) is 4.01. The maximum absolute atomic E-state index is 12.8. The van der Waals surface area contributed by atoms with E-state index in [4.69, 9.17) is 11.6 Å². The highest BCUT2D eigenvalue weighted by Gasteiger charge is 2.23. The molecule has 0 saturated carbocycles. The van der Waals surface area contributed by atoms with Crippen molar-refractivity contribution in [2.24, 2.45) is 0 Å². The Balaban J connectivity index is 1.41. The Bertz CT molecular complexity index is 1100. The van der Waals surface area contributed by atoms with Crippen LogP contribution in [-0.2, 0) is 6.54 Å². The number of aromatic nitrogens is 2. The van der Waals surface area contributed by atoms with Gasteiger partial charge in [0.25, 0.3) is 5.91 Å². The van der Waals surface area contributed by atoms with Gasteiger partial charge in [-0.1, -0.05) is 41.9 Å². The lowest BCUT2D eigenvalue weighted by molar-refractivity contribution is 0.0901. The van der Waals surface area contributed by atoms with Crippen molar-refractivity contribution >= 4 is 17.5 Å². The third kappa shape index (κ3) is 5.21. The minimum atomic E-state index is -0.422. The Labute approximate surface area is 186 Å². The number of piperidine rings is 1. The Morgan fingerprint density at radius 3 is 2.45 bits per heavy atom. The SMILES string of the molecule is Cc1cc(=O)c(C(=O)NC2CCN(Cc3ccccc3)CC2)nn1-c1ccc(Cl)cc1. The molecule has 6 nitrogen and oxygen atoms in total. The Morgan fingerprint density at radius 2 is 1.77 bits per heavy atom. The van der Waals surface area contributed by atoms with Crippen LogP contribution in [0, 0.1) is 6.92 Å². The quantitative estimate of drug-likeness (QED) is 0.663. The van der Waals surface area contributed by atoms with Gasteiger partial charge in [-0.25, -0.2) is 4.68 Å². The van der Waals surface area contributed by atoms with E-state index in [0.29, 0.717) is 10.7 Å². The lowest BCUT2D eigenvalue weighted by Crippen LogP contribution is -2.45. The van der Waals surface area contributed by atoms with Crippen molar-refractivity contribution in [1.82, 2.24) is 20.0 Å². The number of hydrogen-bond acceptors (Lipinski definition) is 4. The molecule has 0 radical (unpaired) electrons. The molecule has 1 aliphatic rings. The molecule has 31 heavy (non-hydrogen) atoms. The first kappa shape index (κ1) is 21.3. The van der Waals surface area contributed by atoms with E-state index in [2.05, 4.69) is 27.4 Å². The fourth-order valence-electron chi connectivity index (χ4n) is 3.88. The van der Waals surface area contributed by atoms with Crippen molar-refractivity contribution in [3.8, 4) is 5.69 Å². The van der Waals surface area contributed by atoms with Gasteiger partial charge in [0.2, 0.25) is 5.43 Å². The molecule has 0 atom stereocenters. The smallest absolute Gasteiger partial charge is 0.276 e. The van der Waals surface area contributed by atoms with Crippen molar-refractivity contribution in [3.63, 3.8) is 0 Å². The van der Waals surface area contributed by atoms with E-state index in [9.17, 15) is 9.59 Å². The lowest BCUT2D eigenvalue weighted by Gasteiger charge is -2.32. The molecule has 2 aromatic carbocycles. The topological polar surface area (TPSA) is 67.2 Å². The zero-order chi connectivity index (χ0) is 21.8. The van der Waals surface area contributed by atoms with E-state index in [1.165, 1.54) is 11.6 Å². The number of carbonyl (C=O) groups is 1. The number of aryl methyl sites for hydroxylation is 1. The highest BCUT2D eigenvalue weighted by atomic mass is 35.5. The van der Waals surface area contributed by atoms with Gasteiger partial charge in [-0.3, -0.25) is 14.5 Å². The number of benzene rings is 2. The molecule has 1 saturated heterocycles. The summed E-state index contributed by atoms with van der Waals surface area (Å²) in [5, 5.41) is 7.96. The van der Waals surface area contributed by atoms with E-state index >= 15 is 0 Å². The highest BCUT2D eigenvalue weighted by Crippen LogP contribution is 2.15. The molecule has 1 N–H and O–H groups in total. The Kier molecular flexibility index (Phi) is 6.49. The van der Waals surface area contributed by atoms with Crippen LogP contribution >= 0.6 is 11.6 Å². The predicted octanol–water partition coefficient (Wildman–Crippen LogP) is 3.59. The van der Waals surface area contributed by atoms with Crippen LogP contribution in [0.2, 0.25) is 5.02 Å². The zero-order valence-electron chi connectivity index (χ0n) is 17.4.